The Kier molecular flexibility index (Phi) is 10.4. The van der Waals surface area contributed by atoms with Crippen LogP contribution in [0.4, 0.5) is 0 Å². The van der Waals surface area contributed by atoms with Crippen molar-refractivity contribution in [3.8, 4) is 5.75 Å². The summed E-state index contributed by atoms with van der Waals surface area (Å²) < 4.78 is 5.73. The van der Waals surface area contributed by atoms with Gasteiger partial charge in [0.2, 0.25) is 11.8 Å². The molecule has 0 aliphatic heterocycles. The van der Waals surface area contributed by atoms with Crippen LogP contribution in [0.3, 0.4) is 0 Å². The van der Waals surface area contributed by atoms with E-state index >= 15 is 0 Å². The van der Waals surface area contributed by atoms with Crippen molar-refractivity contribution in [3.05, 3.63) is 64.7 Å². The molecule has 6 heteroatoms. The quantitative estimate of drug-likeness (QED) is 0.461. The second-order valence-electron chi connectivity index (χ2n) is 7.70. The van der Waals surface area contributed by atoms with E-state index in [1.54, 1.807) is 17.9 Å². The van der Waals surface area contributed by atoms with E-state index < -0.39 is 6.04 Å². The predicted molar refractivity (Wildman–Crippen MR) is 125 cm³/mol. The summed E-state index contributed by atoms with van der Waals surface area (Å²) in [5.41, 5.74) is 1.99. The molecule has 2 aromatic rings. The zero-order valence-electron chi connectivity index (χ0n) is 18.7. The summed E-state index contributed by atoms with van der Waals surface area (Å²) >= 11 is 6.31. The average Bonchev–Trinajstić information content (AvgIpc) is 2.77. The van der Waals surface area contributed by atoms with Crippen LogP contribution in [0.25, 0.3) is 0 Å². The van der Waals surface area contributed by atoms with Gasteiger partial charge in [-0.1, -0.05) is 60.8 Å². The number of halogens is 1. The van der Waals surface area contributed by atoms with Crippen LogP contribution in [0.1, 0.15) is 50.7 Å². The summed E-state index contributed by atoms with van der Waals surface area (Å²) in [4.78, 5) is 27.3. The lowest BCUT2D eigenvalue weighted by Gasteiger charge is -2.29. The van der Waals surface area contributed by atoms with Gasteiger partial charge in [-0.2, -0.15) is 0 Å². The van der Waals surface area contributed by atoms with E-state index in [0.29, 0.717) is 37.6 Å². The first kappa shape index (κ1) is 24.7. The highest BCUT2D eigenvalue weighted by Gasteiger charge is 2.26. The first-order chi connectivity index (χ1) is 14.9. The molecule has 2 amide bonds. The number of nitrogens with zero attached hydrogens (tertiary/aromatic N) is 1. The topological polar surface area (TPSA) is 58.6 Å². The Morgan fingerprint density at radius 2 is 1.81 bits per heavy atom. The van der Waals surface area contributed by atoms with E-state index in [2.05, 4.69) is 12.2 Å². The Morgan fingerprint density at radius 1 is 1.10 bits per heavy atom. The van der Waals surface area contributed by atoms with Crippen LogP contribution in [0.2, 0.25) is 5.02 Å². The van der Waals surface area contributed by atoms with Crippen LogP contribution in [0, 0.1) is 6.92 Å². The summed E-state index contributed by atoms with van der Waals surface area (Å²) in [7, 11) is 0. The molecule has 0 aliphatic carbocycles. The van der Waals surface area contributed by atoms with Crippen LogP contribution >= 0.6 is 11.6 Å². The minimum absolute atomic E-state index is 0.0921. The molecular formula is C25H33ClN2O3. The molecule has 0 unspecified atom stereocenters. The van der Waals surface area contributed by atoms with Crippen LogP contribution in [0.15, 0.2) is 48.5 Å². The average molecular weight is 445 g/mol. The maximum Gasteiger partial charge on any atom is 0.242 e. The zero-order valence-corrected chi connectivity index (χ0v) is 19.5. The number of aryl methyl sites for hydroxylation is 1. The van der Waals surface area contributed by atoms with Gasteiger partial charge in [0.1, 0.15) is 11.8 Å². The second kappa shape index (κ2) is 13.0. The molecule has 0 fully saturated rings. The number of nitrogens with one attached hydrogen (secondary N) is 1. The van der Waals surface area contributed by atoms with E-state index in [-0.39, 0.29) is 11.8 Å². The first-order valence-corrected chi connectivity index (χ1v) is 11.3. The van der Waals surface area contributed by atoms with E-state index in [1.807, 2.05) is 49.4 Å². The van der Waals surface area contributed by atoms with Gasteiger partial charge in [-0.25, -0.2) is 0 Å². The first-order valence-electron chi connectivity index (χ1n) is 10.9. The van der Waals surface area contributed by atoms with Gasteiger partial charge in [0, 0.05) is 24.5 Å². The highest BCUT2D eigenvalue weighted by Crippen LogP contribution is 2.20. The number of benzene rings is 2. The number of carbonyl (C=O) groups excluding carboxylic acids is 2. The van der Waals surface area contributed by atoms with Gasteiger partial charge in [-0.3, -0.25) is 9.59 Å². The fourth-order valence-corrected chi connectivity index (χ4v) is 3.32. The lowest BCUT2D eigenvalue weighted by atomic mass is 10.1. The van der Waals surface area contributed by atoms with Crippen LogP contribution < -0.4 is 10.1 Å². The normalized spacial score (nSPS) is 11.6. The maximum absolute atomic E-state index is 13.0. The highest BCUT2D eigenvalue weighted by atomic mass is 35.5. The Balaban J connectivity index is 1.98. The van der Waals surface area contributed by atoms with Crippen LogP contribution in [0.5, 0.6) is 5.75 Å². The Bertz CT molecular complexity index is 839. The fourth-order valence-electron chi connectivity index (χ4n) is 3.12. The summed E-state index contributed by atoms with van der Waals surface area (Å²) in [6, 6.07) is 14.6. The molecule has 1 atom stereocenters. The van der Waals surface area contributed by atoms with Crippen molar-refractivity contribution >= 4 is 23.4 Å². The predicted octanol–water partition coefficient (Wildman–Crippen LogP) is 5.14. The van der Waals surface area contributed by atoms with Gasteiger partial charge < -0.3 is 15.0 Å². The summed E-state index contributed by atoms with van der Waals surface area (Å²) in [5.74, 6) is 0.546. The van der Waals surface area contributed by atoms with E-state index in [1.165, 1.54) is 5.56 Å². The van der Waals surface area contributed by atoms with Gasteiger partial charge >= 0.3 is 0 Å². The molecule has 1 N–H and O–H groups in total. The van der Waals surface area contributed by atoms with Crippen LogP contribution in [-0.2, 0) is 16.1 Å². The highest BCUT2D eigenvalue weighted by molar-refractivity contribution is 6.31. The number of amides is 2. The molecule has 0 bridgehead atoms. The van der Waals surface area contributed by atoms with Gasteiger partial charge in [0.25, 0.3) is 0 Å². The van der Waals surface area contributed by atoms with Gasteiger partial charge in [-0.15, -0.1) is 0 Å². The Morgan fingerprint density at radius 3 is 2.48 bits per heavy atom. The number of unbranched alkanes of at least 4 members (excludes halogenated alkanes) is 1. The minimum atomic E-state index is -0.585. The minimum Gasteiger partial charge on any atom is -0.494 e. The molecule has 2 aromatic carbocycles. The van der Waals surface area contributed by atoms with Gasteiger partial charge in [0.15, 0.2) is 0 Å². The molecule has 2 rings (SSSR count). The molecule has 5 nitrogen and oxygen atoms in total. The number of carbonyl (C=O) groups is 2. The number of ether oxygens (including phenoxy) is 1. The molecule has 0 spiro atoms. The molecule has 168 valence electrons. The monoisotopic (exact) mass is 444 g/mol. The number of hydrogen-bond donors (Lipinski definition) is 1. The van der Waals surface area contributed by atoms with Crippen molar-refractivity contribution in [2.75, 3.05) is 13.2 Å². The molecule has 0 aromatic heterocycles. The van der Waals surface area contributed by atoms with Gasteiger partial charge in [-0.05, 0) is 50.5 Å². The SMILES string of the molecule is CCCCNC(=O)[C@@H](C)N(Cc1ccccc1Cl)C(=O)CCCOc1ccc(C)cc1. The maximum atomic E-state index is 13.0. The van der Waals surface area contributed by atoms with Crippen molar-refractivity contribution in [1.82, 2.24) is 10.2 Å². The van der Waals surface area contributed by atoms with Crippen molar-refractivity contribution in [3.63, 3.8) is 0 Å². The largest absolute Gasteiger partial charge is 0.494 e. The van der Waals surface area contributed by atoms with Crippen molar-refractivity contribution in [2.45, 2.75) is 59.0 Å². The third-order valence-electron chi connectivity index (χ3n) is 5.12. The standard InChI is InChI=1S/C25H33ClN2O3/c1-4-5-16-27-25(30)20(3)28(18-21-9-6-7-10-23(21)26)24(29)11-8-17-31-22-14-12-19(2)13-15-22/h6-7,9-10,12-15,20H,4-5,8,11,16-18H2,1-3H3,(H,27,30)/t20-/m1/s1. The van der Waals surface area contributed by atoms with Gasteiger partial charge in [0.05, 0.1) is 6.61 Å². The molecule has 0 heterocycles. The zero-order chi connectivity index (χ0) is 22.6. The molecule has 0 saturated carbocycles. The molecular weight excluding hydrogens is 412 g/mol. The Labute approximate surface area is 190 Å². The molecule has 0 saturated heterocycles. The molecule has 31 heavy (non-hydrogen) atoms. The third kappa shape index (κ3) is 8.25. The molecule has 0 aliphatic rings. The summed E-state index contributed by atoms with van der Waals surface area (Å²) in [6.07, 6.45) is 2.77. The smallest absolute Gasteiger partial charge is 0.242 e. The van der Waals surface area contributed by atoms with Crippen molar-refractivity contribution in [1.29, 1.82) is 0 Å². The third-order valence-corrected chi connectivity index (χ3v) is 5.49. The fraction of sp³-hybridized carbons (Fsp3) is 0.440. The number of hydrogen-bond acceptors (Lipinski definition) is 3. The van der Waals surface area contributed by atoms with Crippen LogP contribution in [-0.4, -0.2) is 35.9 Å². The second-order valence-corrected chi connectivity index (χ2v) is 8.11. The molecule has 0 radical (unpaired) electrons. The lowest BCUT2D eigenvalue weighted by Crippen LogP contribution is -2.47. The van der Waals surface area contributed by atoms with Crippen molar-refractivity contribution in [2.24, 2.45) is 0 Å². The summed E-state index contributed by atoms with van der Waals surface area (Å²) in [5, 5.41) is 3.51. The van der Waals surface area contributed by atoms with E-state index in [0.717, 1.165) is 24.2 Å². The summed E-state index contributed by atoms with van der Waals surface area (Å²) in [6.45, 7) is 7.19. The number of rotatable bonds is 12. The Hall–Kier alpha value is -2.53. The van der Waals surface area contributed by atoms with Crippen molar-refractivity contribution < 1.29 is 14.3 Å². The van der Waals surface area contributed by atoms with E-state index in [4.69, 9.17) is 16.3 Å². The lowest BCUT2D eigenvalue weighted by molar-refractivity contribution is -0.140. The van der Waals surface area contributed by atoms with E-state index in [9.17, 15) is 9.59 Å².